The van der Waals surface area contributed by atoms with Gasteiger partial charge < -0.3 is 14.9 Å². The quantitative estimate of drug-likeness (QED) is 0.408. The molecule has 4 unspecified atom stereocenters. The molecule has 0 aliphatic carbocycles. The van der Waals surface area contributed by atoms with Gasteiger partial charge in [0.2, 0.25) is 0 Å². The fraction of sp³-hybridized carbons (Fsp3) is 0.900. The molecule has 0 bridgehead atoms. The Labute approximate surface area is 118 Å². The number of ether oxygens (including phenoxy) is 1. The number of rotatable bonds is 3. The highest BCUT2D eigenvalue weighted by Gasteiger charge is 2.43. The van der Waals surface area contributed by atoms with Crippen molar-refractivity contribution in [2.75, 3.05) is 14.2 Å². The molecular formula is C10H17F3N2O4S. The summed E-state index contributed by atoms with van der Waals surface area (Å²) in [7, 11) is 2.79. The van der Waals surface area contributed by atoms with Crippen LogP contribution in [0, 0.1) is 5.41 Å². The highest BCUT2D eigenvalue weighted by atomic mass is 32.2. The van der Waals surface area contributed by atoms with Crippen molar-refractivity contribution in [3.8, 4) is 0 Å². The van der Waals surface area contributed by atoms with Crippen LogP contribution in [0.2, 0.25) is 0 Å². The molecule has 118 valence electrons. The van der Waals surface area contributed by atoms with E-state index in [9.17, 15) is 23.4 Å². The van der Waals surface area contributed by atoms with E-state index in [-0.39, 0.29) is 11.6 Å². The van der Waals surface area contributed by atoms with Crippen LogP contribution in [-0.4, -0.2) is 64.5 Å². The van der Waals surface area contributed by atoms with Gasteiger partial charge in [-0.25, -0.2) is 5.06 Å². The van der Waals surface area contributed by atoms with E-state index in [1.807, 2.05) is 0 Å². The first-order valence-corrected chi connectivity index (χ1v) is 6.63. The topological polar surface area (TPSA) is 86.0 Å². The van der Waals surface area contributed by atoms with Gasteiger partial charge in [0.25, 0.3) is 0 Å². The van der Waals surface area contributed by atoms with E-state index >= 15 is 0 Å². The summed E-state index contributed by atoms with van der Waals surface area (Å²) in [5, 5.41) is 27.8. The van der Waals surface area contributed by atoms with E-state index < -0.39 is 36.3 Å². The Morgan fingerprint density at radius 2 is 2.10 bits per heavy atom. The van der Waals surface area contributed by atoms with Crippen molar-refractivity contribution >= 4 is 16.9 Å². The standard InChI is InChI=1S/C10H17F3N2O4S/c1-15(18-2)9(14)20-7-3-5(16)8(17)6(19-7)4-10(11,12)13/h5-8,14,16-17H,3-4H2,1-2H3. The average molecular weight is 318 g/mol. The van der Waals surface area contributed by atoms with Gasteiger partial charge in [-0.3, -0.25) is 10.2 Å². The normalized spacial score (nSPS) is 31.1. The molecule has 3 N–H and O–H groups in total. The summed E-state index contributed by atoms with van der Waals surface area (Å²) in [5.41, 5.74) is -0.856. The summed E-state index contributed by atoms with van der Waals surface area (Å²) in [6, 6.07) is 0. The number of hydroxylamine groups is 2. The van der Waals surface area contributed by atoms with Crippen LogP contribution in [0.5, 0.6) is 0 Å². The number of amidine groups is 1. The van der Waals surface area contributed by atoms with E-state index in [0.29, 0.717) is 0 Å². The fourth-order valence-electron chi connectivity index (χ4n) is 1.67. The third-order valence-electron chi connectivity index (χ3n) is 2.77. The molecule has 0 radical (unpaired) electrons. The minimum Gasteiger partial charge on any atom is -0.390 e. The zero-order valence-corrected chi connectivity index (χ0v) is 11.7. The summed E-state index contributed by atoms with van der Waals surface area (Å²) in [5.74, 6) is 0. The molecule has 10 heteroatoms. The highest BCUT2D eigenvalue weighted by molar-refractivity contribution is 8.14. The van der Waals surface area contributed by atoms with Crippen LogP contribution < -0.4 is 0 Å². The second kappa shape index (κ2) is 6.94. The number of nitrogens with zero attached hydrogens (tertiary/aromatic N) is 1. The molecule has 20 heavy (non-hydrogen) atoms. The van der Waals surface area contributed by atoms with Gasteiger partial charge in [-0.2, -0.15) is 13.2 Å². The van der Waals surface area contributed by atoms with Gasteiger partial charge in [0.15, 0.2) is 5.17 Å². The molecule has 0 spiro atoms. The first kappa shape index (κ1) is 17.5. The first-order chi connectivity index (χ1) is 9.14. The van der Waals surface area contributed by atoms with Crippen molar-refractivity contribution in [2.45, 2.75) is 42.8 Å². The van der Waals surface area contributed by atoms with Crippen LogP contribution >= 0.6 is 11.8 Å². The second-order valence-electron chi connectivity index (χ2n) is 4.32. The van der Waals surface area contributed by atoms with E-state index in [4.69, 9.17) is 15.0 Å². The molecule has 0 aromatic heterocycles. The van der Waals surface area contributed by atoms with Crippen molar-refractivity contribution in [3.05, 3.63) is 0 Å². The Balaban J connectivity index is 2.64. The number of halogens is 3. The lowest BCUT2D eigenvalue weighted by atomic mass is 10.00. The van der Waals surface area contributed by atoms with E-state index in [1.54, 1.807) is 0 Å². The summed E-state index contributed by atoms with van der Waals surface area (Å²) >= 11 is 0.812. The van der Waals surface area contributed by atoms with Gasteiger partial charge in [-0.1, -0.05) is 11.8 Å². The van der Waals surface area contributed by atoms with Crippen LogP contribution in [0.3, 0.4) is 0 Å². The molecule has 6 nitrogen and oxygen atoms in total. The Morgan fingerprint density at radius 1 is 1.50 bits per heavy atom. The third kappa shape index (κ3) is 5.09. The number of hydrogen-bond donors (Lipinski definition) is 3. The fourth-order valence-corrected chi connectivity index (χ4v) is 2.63. The van der Waals surface area contributed by atoms with Gasteiger partial charge in [0, 0.05) is 13.5 Å². The third-order valence-corrected chi connectivity index (χ3v) is 3.82. The molecule has 1 saturated heterocycles. The van der Waals surface area contributed by atoms with Crippen LogP contribution in [0.15, 0.2) is 0 Å². The maximum Gasteiger partial charge on any atom is 0.391 e. The Kier molecular flexibility index (Phi) is 6.07. The highest BCUT2D eigenvalue weighted by Crippen LogP contribution is 2.34. The Morgan fingerprint density at radius 3 is 2.60 bits per heavy atom. The van der Waals surface area contributed by atoms with Gasteiger partial charge >= 0.3 is 6.18 Å². The molecule has 1 aliphatic rings. The minimum absolute atomic E-state index is 0.0693. The maximum atomic E-state index is 12.4. The van der Waals surface area contributed by atoms with Crippen molar-refractivity contribution in [1.29, 1.82) is 5.41 Å². The molecule has 1 rings (SSSR count). The van der Waals surface area contributed by atoms with Gasteiger partial charge in [-0.15, -0.1) is 0 Å². The molecular weight excluding hydrogens is 301 g/mol. The lowest BCUT2D eigenvalue weighted by Gasteiger charge is -2.37. The molecule has 0 aromatic carbocycles. The number of hydrogen-bond acceptors (Lipinski definition) is 6. The SMILES string of the molecule is CON(C)C(=N)SC1CC(O)C(O)C(CC(F)(F)F)O1. The molecule has 0 amide bonds. The monoisotopic (exact) mass is 318 g/mol. The molecule has 4 atom stereocenters. The van der Waals surface area contributed by atoms with E-state index in [1.165, 1.54) is 14.2 Å². The van der Waals surface area contributed by atoms with Gasteiger partial charge in [0.05, 0.1) is 25.7 Å². The zero-order chi connectivity index (χ0) is 15.5. The largest absolute Gasteiger partial charge is 0.391 e. The average Bonchev–Trinajstić information content (AvgIpc) is 2.32. The summed E-state index contributed by atoms with van der Waals surface area (Å²) in [6.07, 6.45) is -10.4. The zero-order valence-electron chi connectivity index (χ0n) is 10.9. The molecule has 1 fully saturated rings. The van der Waals surface area contributed by atoms with Crippen molar-refractivity contribution < 1.29 is 33.0 Å². The number of alkyl halides is 3. The Bertz CT molecular complexity index is 345. The predicted octanol–water partition coefficient (Wildman–Crippen LogP) is 0.937. The predicted molar refractivity (Wildman–Crippen MR) is 66.1 cm³/mol. The number of thioether (sulfide) groups is 1. The van der Waals surface area contributed by atoms with Crippen molar-refractivity contribution in [2.24, 2.45) is 0 Å². The molecule has 1 aliphatic heterocycles. The maximum absolute atomic E-state index is 12.4. The summed E-state index contributed by atoms with van der Waals surface area (Å²) in [6.45, 7) is 0. The molecule has 1 heterocycles. The Hall–Kier alpha value is -0.550. The lowest BCUT2D eigenvalue weighted by Crippen LogP contribution is -2.49. The van der Waals surface area contributed by atoms with Gasteiger partial charge in [0.1, 0.15) is 11.5 Å². The lowest BCUT2D eigenvalue weighted by molar-refractivity contribution is -0.206. The summed E-state index contributed by atoms with van der Waals surface area (Å²) in [4.78, 5) is 4.75. The van der Waals surface area contributed by atoms with Crippen molar-refractivity contribution in [1.82, 2.24) is 5.06 Å². The molecule has 0 aromatic rings. The number of aliphatic hydroxyl groups excluding tert-OH is 2. The van der Waals surface area contributed by atoms with E-state index in [2.05, 4.69) is 0 Å². The minimum atomic E-state index is -4.51. The summed E-state index contributed by atoms with van der Waals surface area (Å²) < 4.78 is 42.2. The van der Waals surface area contributed by atoms with Crippen LogP contribution in [0.1, 0.15) is 12.8 Å². The van der Waals surface area contributed by atoms with E-state index in [0.717, 1.165) is 16.8 Å². The smallest absolute Gasteiger partial charge is 0.390 e. The second-order valence-corrected chi connectivity index (χ2v) is 5.47. The van der Waals surface area contributed by atoms with Crippen LogP contribution in [-0.2, 0) is 9.57 Å². The van der Waals surface area contributed by atoms with Gasteiger partial charge in [-0.05, 0) is 0 Å². The van der Waals surface area contributed by atoms with Crippen LogP contribution in [0.4, 0.5) is 13.2 Å². The number of nitrogens with one attached hydrogen (secondary N) is 1. The van der Waals surface area contributed by atoms with Crippen LogP contribution in [0.25, 0.3) is 0 Å². The molecule has 0 saturated carbocycles. The first-order valence-electron chi connectivity index (χ1n) is 5.75. The number of aliphatic hydroxyl groups is 2. The van der Waals surface area contributed by atoms with Crippen molar-refractivity contribution in [3.63, 3.8) is 0 Å².